The van der Waals surface area contributed by atoms with E-state index in [4.69, 9.17) is 16.9 Å². The van der Waals surface area contributed by atoms with E-state index >= 15 is 0 Å². The fraction of sp³-hybridized carbons (Fsp3) is 0. The number of nitriles is 1. The molecule has 0 bridgehead atoms. The van der Waals surface area contributed by atoms with Crippen molar-refractivity contribution in [3.63, 3.8) is 0 Å². The third-order valence-corrected chi connectivity index (χ3v) is 3.58. The highest BCUT2D eigenvalue weighted by Gasteiger charge is 2.16. The Morgan fingerprint density at radius 3 is 2.27 bits per heavy atom. The predicted molar refractivity (Wildman–Crippen MR) is 89.4 cm³/mol. The predicted octanol–water partition coefficient (Wildman–Crippen LogP) is 4.53. The average Bonchev–Trinajstić information content (AvgIpc) is 2.51. The molecule has 0 fully saturated rings. The lowest BCUT2D eigenvalue weighted by Gasteiger charge is -2.07. The second kappa shape index (κ2) is 7.12. The van der Waals surface area contributed by atoms with Gasteiger partial charge in [-0.05, 0) is 48.5 Å². The van der Waals surface area contributed by atoms with E-state index in [1.807, 2.05) is 0 Å². The summed E-state index contributed by atoms with van der Waals surface area (Å²) in [6.07, 6.45) is 0. The Morgan fingerprint density at radius 1 is 1.14 bits per heavy atom. The van der Waals surface area contributed by atoms with Crippen molar-refractivity contribution in [1.82, 2.24) is 0 Å². The van der Waals surface area contributed by atoms with E-state index in [-0.39, 0.29) is 5.57 Å². The second-order valence-electron chi connectivity index (χ2n) is 4.30. The van der Waals surface area contributed by atoms with E-state index in [2.05, 4.69) is 21.2 Å². The maximum Gasteiger partial charge on any atom is 0.270 e. The Hall–Kier alpha value is -2.29. The molecule has 110 valence electrons. The van der Waals surface area contributed by atoms with E-state index < -0.39 is 11.7 Å². The van der Waals surface area contributed by atoms with Crippen molar-refractivity contribution in [2.45, 2.75) is 0 Å². The molecule has 0 heterocycles. The van der Waals surface area contributed by atoms with Gasteiger partial charge in [0.05, 0.1) is 0 Å². The lowest BCUT2D eigenvalue weighted by Crippen LogP contribution is -2.15. The van der Waals surface area contributed by atoms with Crippen LogP contribution in [0.15, 0.2) is 58.6 Å². The minimum absolute atomic E-state index is 0.340. The number of carbonyl (C=O) groups excluding carboxylic acids is 1. The molecule has 0 saturated heterocycles. The molecule has 0 aliphatic rings. The van der Waals surface area contributed by atoms with Gasteiger partial charge < -0.3 is 10.4 Å². The van der Waals surface area contributed by atoms with Crippen LogP contribution in [0.25, 0.3) is 5.76 Å². The van der Waals surface area contributed by atoms with Crippen molar-refractivity contribution in [2.24, 2.45) is 0 Å². The molecule has 0 radical (unpaired) electrons. The Labute approximate surface area is 140 Å². The number of carbonyl (C=O) groups is 1. The van der Waals surface area contributed by atoms with Gasteiger partial charge in [-0.25, -0.2) is 0 Å². The zero-order chi connectivity index (χ0) is 16.1. The van der Waals surface area contributed by atoms with Crippen LogP contribution in [0.1, 0.15) is 5.56 Å². The average molecular weight is 378 g/mol. The van der Waals surface area contributed by atoms with Crippen LogP contribution in [0.2, 0.25) is 5.02 Å². The summed E-state index contributed by atoms with van der Waals surface area (Å²) in [5, 5.41) is 22.3. The molecule has 0 spiro atoms. The van der Waals surface area contributed by atoms with Crippen LogP contribution in [0.4, 0.5) is 5.69 Å². The van der Waals surface area contributed by atoms with Crippen LogP contribution in [-0.4, -0.2) is 11.0 Å². The normalized spacial score (nSPS) is 11.3. The van der Waals surface area contributed by atoms with Crippen LogP contribution in [-0.2, 0) is 4.79 Å². The number of aliphatic hydroxyl groups excluding tert-OH is 1. The minimum Gasteiger partial charge on any atom is -0.506 e. The first-order chi connectivity index (χ1) is 10.5. The van der Waals surface area contributed by atoms with Crippen molar-refractivity contribution in [2.75, 3.05) is 5.32 Å². The Bertz CT molecular complexity index is 762. The number of nitrogens with one attached hydrogen (secondary N) is 1. The standard InChI is InChI=1S/C16H10BrClN2O2/c17-11-3-7-13(8-4-11)20-16(22)14(9-19)15(21)10-1-5-12(18)6-2-10/h1-8,21H,(H,20,22)/b15-14-. The topological polar surface area (TPSA) is 73.1 Å². The van der Waals surface area contributed by atoms with E-state index in [0.717, 1.165) is 4.47 Å². The molecular formula is C16H10BrClN2O2. The number of halogens is 2. The number of nitrogens with zero attached hydrogens (tertiary/aromatic N) is 1. The summed E-state index contributed by atoms with van der Waals surface area (Å²) in [6.45, 7) is 0. The van der Waals surface area contributed by atoms with Gasteiger partial charge in [-0.2, -0.15) is 5.26 Å². The monoisotopic (exact) mass is 376 g/mol. The first kappa shape index (κ1) is 16.1. The second-order valence-corrected chi connectivity index (χ2v) is 5.66. The molecule has 0 unspecified atom stereocenters. The molecule has 1 amide bonds. The highest BCUT2D eigenvalue weighted by atomic mass is 79.9. The van der Waals surface area contributed by atoms with Crippen LogP contribution < -0.4 is 5.32 Å². The molecule has 2 rings (SSSR count). The summed E-state index contributed by atoms with van der Waals surface area (Å²) in [5.41, 5.74) is 0.488. The summed E-state index contributed by atoms with van der Waals surface area (Å²) in [5.74, 6) is -1.08. The van der Waals surface area contributed by atoms with Gasteiger partial charge in [-0.3, -0.25) is 4.79 Å². The molecule has 2 N–H and O–H groups in total. The number of amides is 1. The quantitative estimate of drug-likeness (QED) is 0.469. The number of rotatable bonds is 3. The summed E-state index contributed by atoms with van der Waals surface area (Å²) in [6, 6.07) is 14.8. The molecule has 4 nitrogen and oxygen atoms in total. The molecule has 0 atom stereocenters. The van der Waals surface area contributed by atoms with Crippen molar-refractivity contribution in [3.8, 4) is 6.07 Å². The summed E-state index contributed by atoms with van der Waals surface area (Å²) in [4.78, 5) is 12.1. The summed E-state index contributed by atoms with van der Waals surface area (Å²) >= 11 is 9.06. The Kier molecular flexibility index (Phi) is 5.21. The van der Waals surface area contributed by atoms with Crippen LogP contribution in [0.5, 0.6) is 0 Å². The van der Waals surface area contributed by atoms with Gasteiger partial charge in [0, 0.05) is 20.7 Å². The first-order valence-electron chi connectivity index (χ1n) is 6.17. The first-order valence-corrected chi connectivity index (χ1v) is 7.34. The third-order valence-electron chi connectivity index (χ3n) is 2.80. The molecule has 22 heavy (non-hydrogen) atoms. The Morgan fingerprint density at radius 2 is 1.73 bits per heavy atom. The van der Waals surface area contributed by atoms with Crippen molar-refractivity contribution < 1.29 is 9.90 Å². The summed E-state index contributed by atoms with van der Waals surface area (Å²) < 4.78 is 0.866. The number of hydrogen-bond donors (Lipinski definition) is 2. The number of aliphatic hydroxyl groups is 1. The molecule has 0 aliphatic carbocycles. The Balaban J connectivity index is 2.28. The van der Waals surface area contributed by atoms with Gasteiger partial charge in [0.15, 0.2) is 5.57 Å². The van der Waals surface area contributed by atoms with Gasteiger partial charge in [-0.15, -0.1) is 0 Å². The fourth-order valence-electron chi connectivity index (χ4n) is 1.69. The van der Waals surface area contributed by atoms with E-state index in [1.54, 1.807) is 42.5 Å². The third kappa shape index (κ3) is 3.88. The molecule has 0 saturated carbocycles. The molecule has 2 aromatic rings. The van der Waals surface area contributed by atoms with Gasteiger partial charge in [0.25, 0.3) is 5.91 Å². The van der Waals surface area contributed by atoms with E-state index in [9.17, 15) is 9.90 Å². The maximum absolute atomic E-state index is 12.1. The van der Waals surface area contributed by atoms with Gasteiger partial charge in [-0.1, -0.05) is 27.5 Å². The smallest absolute Gasteiger partial charge is 0.270 e. The van der Waals surface area contributed by atoms with Crippen molar-refractivity contribution in [3.05, 3.63) is 69.2 Å². The molecule has 0 aromatic heterocycles. The number of benzene rings is 2. The summed E-state index contributed by atoms with van der Waals surface area (Å²) in [7, 11) is 0. The molecular weight excluding hydrogens is 368 g/mol. The highest BCUT2D eigenvalue weighted by molar-refractivity contribution is 9.10. The fourth-order valence-corrected chi connectivity index (χ4v) is 2.08. The zero-order valence-electron chi connectivity index (χ0n) is 11.2. The number of anilines is 1. The number of hydrogen-bond acceptors (Lipinski definition) is 3. The lowest BCUT2D eigenvalue weighted by molar-refractivity contribution is -0.112. The zero-order valence-corrected chi connectivity index (χ0v) is 13.5. The van der Waals surface area contributed by atoms with Crippen LogP contribution >= 0.6 is 27.5 Å². The maximum atomic E-state index is 12.1. The van der Waals surface area contributed by atoms with Crippen molar-refractivity contribution in [1.29, 1.82) is 5.26 Å². The molecule has 0 aliphatic heterocycles. The SMILES string of the molecule is N#C/C(C(=O)Nc1ccc(Br)cc1)=C(/O)c1ccc(Cl)cc1. The molecule has 2 aromatic carbocycles. The van der Waals surface area contributed by atoms with Crippen molar-refractivity contribution >= 4 is 44.9 Å². The van der Waals surface area contributed by atoms with E-state index in [0.29, 0.717) is 16.3 Å². The molecule has 6 heteroatoms. The van der Waals surface area contributed by atoms with Gasteiger partial charge in [0.1, 0.15) is 11.8 Å². The van der Waals surface area contributed by atoms with E-state index in [1.165, 1.54) is 12.1 Å². The van der Waals surface area contributed by atoms with Crippen LogP contribution in [0, 0.1) is 11.3 Å². The minimum atomic E-state index is -0.683. The van der Waals surface area contributed by atoms with Crippen LogP contribution in [0.3, 0.4) is 0 Å². The largest absolute Gasteiger partial charge is 0.506 e. The van der Waals surface area contributed by atoms with Gasteiger partial charge >= 0.3 is 0 Å². The van der Waals surface area contributed by atoms with Gasteiger partial charge in [0.2, 0.25) is 0 Å². The highest BCUT2D eigenvalue weighted by Crippen LogP contribution is 2.20. The lowest BCUT2D eigenvalue weighted by atomic mass is 10.1.